The molecule has 0 saturated carbocycles. The Bertz CT molecular complexity index is 1400. The molecule has 3 rings (SSSR count). The van der Waals surface area contributed by atoms with Gasteiger partial charge in [0, 0.05) is 18.1 Å². The summed E-state index contributed by atoms with van der Waals surface area (Å²) in [5.74, 6) is -0.546. The lowest BCUT2D eigenvalue weighted by Crippen LogP contribution is -2.51. The van der Waals surface area contributed by atoms with Crippen LogP contribution in [-0.4, -0.2) is 51.4 Å². The SMILES string of the molecule is CCCCNC(=O)[C@H](C)N(Cc1ccc(Cl)cc1)C(=O)CN(c1ccc(OC)c(Cl)c1)S(=O)(=O)c1ccccc1. The van der Waals surface area contributed by atoms with Gasteiger partial charge in [-0.1, -0.05) is 66.9 Å². The van der Waals surface area contributed by atoms with Crippen molar-refractivity contribution >= 4 is 50.7 Å². The fraction of sp³-hybridized carbons (Fsp3) is 0.310. The number of carbonyl (C=O) groups is 2. The Kier molecular flexibility index (Phi) is 11.2. The van der Waals surface area contributed by atoms with E-state index in [4.69, 9.17) is 27.9 Å². The molecular formula is C29H33Cl2N3O5S. The summed E-state index contributed by atoms with van der Waals surface area (Å²) in [6.07, 6.45) is 1.70. The first-order valence-electron chi connectivity index (χ1n) is 12.8. The third-order valence-electron chi connectivity index (χ3n) is 6.30. The molecule has 8 nitrogen and oxygen atoms in total. The van der Waals surface area contributed by atoms with Gasteiger partial charge in [0.25, 0.3) is 10.0 Å². The van der Waals surface area contributed by atoms with Gasteiger partial charge in [-0.2, -0.15) is 0 Å². The van der Waals surface area contributed by atoms with Gasteiger partial charge in [-0.25, -0.2) is 8.42 Å². The van der Waals surface area contributed by atoms with Gasteiger partial charge in [0.15, 0.2) is 0 Å². The van der Waals surface area contributed by atoms with Gasteiger partial charge in [-0.3, -0.25) is 13.9 Å². The quantitative estimate of drug-likeness (QED) is 0.258. The minimum Gasteiger partial charge on any atom is -0.495 e. The molecule has 0 radical (unpaired) electrons. The van der Waals surface area contributed by atoms with E-state index in [0.717, 1.165) is 22.7 Å². The first kappa shape index (κ1) is 31.3. The maximum Gasteiger partial charge on any atom is 0.264 e. The predicted molar refractivity (Wildman–Crippen MR) is 158 cm³/mol. The van der Waals surface area contributed by atoms with Crippen molar-refractivity contribution in [3.05, 3.63) is 88.4 Å². The first-order chi connectivity index (χ1) is 19.1. The van der Waals surface area contributed by atoms with Crippen molar-refractivity contribution in [2.75, 3.05) is 24.5 Å². The second kappa shape index (κ2) is 14.4. The van der Waals surface area contributed by atoms with E-state index in [1.54, 1.807) is 49.4 Å². The number of amides is 2. The van der Waals surface area contributed by atoms with Crippen LogP contribution in [0.3, 0.4) is 0 Å². The molecule has 0 bridgehead atoms. The molecule has 0 heterocycles. The molecule has 214 valence electrons. The Morgan fingerprint density at radius 3 is 2.27 bits per heavy atom. The molecule has 0 aliphatic carbocycles. The van der Waals surface area contributed by atoms with E-state index in [1.807, 2.05) is 6.92 Å². The lowest BCUT2D eigenvalue weighted by Gasteiger charge is -2.32. The van der Waals surface area contributed by atoms with E-state index in [2.05, 4.69) is 5.32 Å². The maximum absolute atomic E-state index is 13.9. The van der Waals surface area contributed by atoms with Crippen molar-refractivity contribution in [1.82, 2.24) is 10.2 Å². The Balaban J connectivity index is 2.02. The number of unbranched alkanes of at least 4 members (excludes halogenated alkanes) is 1. The zero-order valence-corrected chi connectivity index (χ0v) is 25.0. The number of anilines is 1. The first-order valence-corrected chi connectivity index (χ1v) is 15.0. The zero-order valence-electron chi connectivity index (χ0n) is 22.6. The minimum atomic E-state index is -4.19. The number of nitrogens with zero attached hydrogens (tertiary/aromatic N) is 2. The molecule has 1 N–H and O–H groups in total. The Morgan fingerprint density at radius 1 is 1.00 bits per heavy atom. The lowest BCUT2D eigenvalue weighted by atomic mass is 10.1. The zero-order chi connectivity index (χ0) is 29.3. The van der Waals surface area contributed by atoms with E-state index < -0.39 is 28.5 Å². The highest BCUT2D eigenvalue weighted by molar-refractivity contribution is 7.92. The summed E-state index contributed by atoms with van der Waals surface area (Å²) in [6.45, 7) is 3.61. The van der Waals surface area contributed by atoms with Crippen LogP contribution in [0.1, 0.15) is 32.3 Å². The number of hydrogen-bond donors (Lipinski definition) is 1. The summed E-state index contributed by atoms with van der Waals surface area (Å²) >= 11 is 12.4. The molecule has 0 saturated heterocycles. The number of nitrogens with one attached hydrogen (secondary N) is 1. The van der Waals surface area contributed by atoms with Crippen LogP contribution in [0.4, 0.5) is 5.69 Å². The number of benzene rings is 3. The number of sulfonamides is 1. The summed E-state index contributed by atoms with van der Waals surface area (Å²) < 4.78 is 33.8. The van der Waals surface area contributed by atoms with Gasteiger partial charge < -0.3 is 15.0 Å². The number of ether oxygens (including phenoxy) is 1. The summed E-state index contributed by atoms with van der Waals surface area (Å²) in [5, 5.41) is 3.57. The summed E-state index contributed by atoms with van der Waals surface area (Å²) in [4.78, 5) is 28.3. The normalized spacial score (nSPS) is 11.9. The van der Waals surface area contributed by atoms with E-state index in [0.29, 0.717) is 17.3 Å². The summed E-state index contributed by atoms with van der Waals surface area (Å²) in [6, 6.07) is 18.3. The molecule has 0 aromatic heterocycles. The van der Waals surface area contributed by atoms with Crippen LogP contribution in [0.15, 0.2) is 77.7 Å². The molecule has 1 atom stereocenters. The fourth-order valence-electron chi connectivity index (χ4n) is 3.96. The second-order valence-electron chi connectivity index (χ2n) is 9.11. The molecule has 40 heavy (non-hydrogen) atoms. The number of halogens is 2. The predicted octanol–water partition coefficient (Wildman–Crippen LogP) is 5.53. The van der Waals surface area contributed by atoms with Crippen LogP contribution in [-0.2, 0) is 26.2 Å². The van der Waals surface area contributed by atoms with Crippen LogP contribution in [0.2, 0.25) is 10.0 Å². The average molecular weight is 607 g/mol. The van der Waals surface area contributed by atoms with E-state index in [1.165, 1.54) is 42.3 Å². The average Bonchev–Trinajstić information content (AvgIpc) is 2.95. The fourth-order valence-corrected chi connectivity index (χ4v) is 5.77. The van der Waals surface area contributed by atoms with E-state index in [9.17, 15) is 18.0 Å². The molecule has 0 unspecified atom stereocenters. The van der Waals surface area contributed by atoms with Gasteiger partial charge in [0.1, 0.15) is 18.3 Å². The molecular weight excluding hydrogens is 573 g/mol. The Labute approximate surface area is 245 Å². The monoisotopic (exact) mass is 605 g/mol. The van der Waals surface area contributed by atoms with Crippen LogP contribution in [0, 0.1) is 0 Å². The standard InChI is InChI=1S/C29H33Cl2N3O5S/c1-4-5-17-32-29(36)21(2)33(19-22-11-13-23(30)14-12-22)28(35)20-34(24-15-16-27(39-3)26(31)18-24)40(37,38)25-9-7-6-8-10-25/h6-16,18,21H,4-5,17,19-20H2,1-3H3,(H,32,36)/t21-/m0/s1. The highest BCUT2D eigenvalue weighted by Gasteiger charge is 2.32. The summed E-state index contributed by atoms with van der Waals surface area (Å²) in [7, 11) is -2.74. The van der Waals surface area contributed by atoms with Crippen LogP contribution >= 0.6 is 23.2 Å². The molecule has 0 aliphatic heterocycles. The second-order valence-corrected chi connectivity index (χ2v) is 11.8. The highest BCUT2D eigenvalue weighted by Crippen LogP contribution is 2.32. The van der Waals surface area contributed by atoms with Crippen LogP contribution in [0.25, 0.3) is 0 Å². The Morgan fingerprint density at radius 2 is 1.68 bits per heavy atom. The van der Waals surface area contributed by atoms with Crippen molar-refractivity contribution in [2.45, 2.75) is 44.2 Å². The molecule has 0 spiro atoms. The van der Waals surface area contributed by atoms with Gasteiger partial charge in [-0.05, 0) is 61.4 Å². The highest BCUT2D eigenvalue weighted by atomic mass is 35.5. The van der Waals surface area contributed by atoms with Crippen molar-refractivity contribution in [3.8, 4) is 5.75 Å². The van der Waals surface area contributed by atoms with Crippen LogP contribution in [0.5, 0.6) is 5.75 Å². The number of rotatable bonds is 13. The minimum absolute atomic E-state index is 0.00403. The van der Waals surface area contributed by atoms with Gasteiger partial charge >= 0.3 is 0 Å². The topological polar surface area (TPSA) is 96.0 Å². The van der Waals surface area contributed by atoms with Crippen molar-refractivity contribution in [3.63, 3.8) is 0 Å². The van der Waals surface area contributed by atoms with Gasteiger partial charge in [0.05, 0.1) is 22.7 Å². The molecule has 2 amide bonds. The summed E-state index contributed by atoms with van der Waals surface area (Å²) in [5.41, 5.74) is 0.908. The number of hydrogen-bond acceptors (Lipinski definition) is 5. The van der Waals surface area contributed by atoms with Crippen molar-refractivity contribution in [1.29, 1.82) is 0 Å². The molecule has 3 aromatic carbocycles. The van der Waals surface area contributed by atoms with E-state index >= 15 is 0 Å². The molecule has 0 fully saturated rings. The van der Waals surface area contributed by atoms with Crippen molar-refractivity contribution in [2.24, 2.45) is 0 Å². The smallest absolute Gasteiger partial charge is 0.264 e. The molecule has 0 aliphatic rings. The third-order valence-corrected chi connectivity index (χ3v) is 8.63. The van der Waals surface area contributed by atoms with Gasteiger partial charge in [-0.15, -0.1) is 0 Å². The van der Waals surface area contributed by atoms with Gasteiger partial charge in [0.2, 0.25) is 11.8 Å². The molecule has 3 aromatic rings. The number of carbonyl (C=O) groups excluding carboxylic acids is 2. The number of methoxy groups -OCH3 is 1. The maximum atomic E-state index is 13.9. The lowest BCUT2D eigenvalue weighted by molar-refractivity contribution is -0.139. The van der Waals surface area contributed by atoms with E-state index in [-0.39, 0.29) is 28.1 Å². The Hall–Kier alpha value is -3.27. The van der Waals surface area contributed by atoms with Crippen molar-refractivity contribution < 1.29 is 22.7 Å². The molecule has 11 heteroatoms. The largest absolute Gasteiger partial charge is 0.495 e. The van der Waals surface area contributed by atoms with Crippen LogP contribution < -0.4 is 14.4 Å². The third kappa shape index (κ3) is 7.90.